The first-order valence-corrected chi connectivity index (χ1v) is 11.8. The number of aliphatic imine (C=N–C) groups is 1. The smallest absolute Gasteiger partial charge is 0.379 e. The van der Waals surface area contributed by atoms with Gasteiger partial charge in [-0.2, -0.15) is 26.3 Å². The van der Waals surface area contributed by atoms with Gasteiger partial charge in [-0.05, 0) is 56.0 Å². The van der Waals surface area contributed by atoms with Crippen molar-refractivity contribution in [1.29, 1.82) is 0 Å². The number of hydrogen-bond donors (Lipinski definition) is 1. The number of ether oxygens (including phenoxy) is 1. The number of benzene rings is 1. The largest absolute Gasteiger partial charge is 0.416 e. The summed E-state index contributed by atoms with van der Waals surface area (Å²) in [7, 11) is 0. The number of alkyl halides is 6. The van der Waals surface area contributed by atoms with E-state index in [1.165, 1.54) is 0 Å². The molecule has 0 aliphatic carbocycles. The van der Waals surface area contributed by atoms with E-state index in [1.807, 2.05) is 4.90 Å². The number of nitrogens with one attached hydrogen (secondary N) is 1. The van der Waals surface area contributed by atoms with Gasteiger partial charge in [0.05, 0.1) is 29.7 Å². The molecule has 2 saturated heterocycles. The van der Waals surface area contributed by atoms with Gasteiger partial charge in [-0.15, -0.1) is 0 Å². The minimum absolute atomic E-state index is 0.0268. The summed E-state index contributed by atoms with van der Waals surface area (Å²) in [6.07, 6.45) is -4.98. The Morgan fingerprint density at radius 3 is 2.48 bits per heavy atom. The van der Waals surface area contributed by atoms with Crippen molar-refractivity contribution in [1.82, 2.24) is 10.2 Å². The van der Waals surface area contributed by atoms with Crippen molar-refractivity contribution in [2.24, 2.45) is 10.9 Å². The van der Waals surface area contributed by atoms with Crippen molar-refractivity contribution >= 4 is 17.6 Å². The van der Waals surface area contributed by atoms with Crippen LogP contribution < -0.4 is 5.32 Å². The molecule has 0 radical (unpaired) electrons. The minimum atomic E-state index is -4.84. The van der Waals surface area contributed by atoms with E-state index in [2.05, 4.69) is 16.4 Å². The number of likely N-dealkylation sites (tertiary alicyclic amines) is 1. The Hall–Kier alpha value is -1.72. The second-order valence-corrected chi connectivity index (χ2v) is 9.48. The third-order valence-electron chi connectivity index (χ3n) is 6.10. The molecule has 0 bridgehead atoms. The molecular weight excluding hydrogens is 468 g/mol. The Kier molecular flexibility index (Phi) is 7.30. The maximum atomic E-state index is 13.4. The highest BCUT2D eigenvalue weighted by Gasteiger charge is 2.38. The molecule has 2 fully saturated rings. The molecule has 4 rings (SSSR count). The van der Waals surface area contributed by atoms with E-state index < -0.39 is 23.5 Å². The number of thioether (sulfide) groups is 1. The average Bonchev–Trinajstić information content (AvgIpc) is 3.41. The Bertz CT molecular complexity index is 900. The highest BCUT2D eigenvalue weighted by molar-refractivity contribution is 8.04. The van der Waals surface area contributed by atoms with Crippen molar-refractivity contribution < 1.29 is 31.1 Å². The summed E-state index contributed by atoms with van der Waals surface area (Å²) in [4.78, 5) is 7.49. The topological polar surface area (TPSA) is 36.9 Å². The fraction of sp³-hybridized carbons (Fsp3) is 0.591. The first-order chi connectivity index (χ1) is 15.6. The molecule has 1 unspecified atom stereocenters. The summed E-state index contributed by atoms with van der Waals surface area (Å²) in [5, 5.41) is 3.43. The molecular formula is C22H25F6N3OS. The molecule has 3 aliphatic heterocycles. The van der Waals surface area contributed by atoms with E-state index in [0.717, 1.165) is 48.7 Å². The number of amidine groups is 1. The second kappa shape index (κ2) is 9.87. The van der Waals surface area contributed by atoms with Gasteiger partial charge in [0.2, 0.25) is 0 Å². The van der Waals surface area contributed by atoms with Crippen molar-refractivity contribution in [3.05, 3.63) is 45.9 Å². The van der Waals surface area contributed by atoms with Crippen LogP contribution in [0.2, 0.25) is 0 Å². The molecule has 182 valence electrons. The van der Waals surface area contributed by atoms with Crippen LogP contribution in [0.15, 0.2) is 34.2 Å². The zero-order valence-corrected chi connectivity index (χ0v) is 18.6. The van der Waals surface area contributed by atoms with E-state index in [9.17, 15) is 26.3 Å². The normalized spacial score (nSPS) is 24.5. The van der Waals surface area contributed by atoms with Gasteiger partial charge < -0.3 is 10.1 Å². The lowest BCUT2D eigenvalue weighted by atomic mass is 9.95. The van der Waals surface area contributed by atoms with Crippen LogP contribution in [-0.2, 0) is 23.6 Å². The van der Waals surface area contributed by atoms with Gasteiger partial charge in [-0.1, -0.05) is 23.9 Å². The van der Waals surface area contributed by atoms with E-state index in [1.54, 1.807) is 11.8 Å². The van der Waals surface area contributed by atoms with E-state index >= 15 is 0 Å². The summed E-state index contributed by atoms with van der Waals surface area (Å²) < 4.78 is 84.3. The van der Waals surface area contributed by atoms with Gasteiger partial charge in [0, 0.05) is 18.1 Å². The van der Waals surface area contributed by atoms with Crippen LogP contribution in [0, 0.1) is 5.92 Å². The maximum Gasteiger partial charge on any atom is 0.416 e. The Morgan fingerprint density at radius 1 is 1.09 bits per heavy atom. The van der Waals surface area contributed by atoms with Crippen LogP contribution in [0.25, 0.3) is 0 Å². The Balaban J connectivity index is 1.37. The second-order valence-electron chi connectivity index (χ2n) is 8.50. The molecule has 3 aliphatic rings. The summed E-state index contributed by atoms with van der Waals surface area (Å²) in [5.41, 5.74) is -2.63. The number of piperidine rings is 1. The van der Waals surface area contributed by atoms with Crippen molar-refractivity contribution in [2.45, 2.75) is 44.2 Å². The lowest BCUT2D eigenvalue weighted by Gasteiger charge is -2.31. The lowest BCUT2D eigenvalue weighted by molar-refractivity contribution is -0.143. The highest BCUT2D eigenvalue weighted by Crippen LogP contribution is 2.38. The van der Waals surface area contributed by atoms with Gasteiger partial charge in [-0.25, -0.2) is 0 Å². The number of hydrogen-bond acceptors (Lipinski definition) is 5. The number of allylic oxidation sites excluding steroid dienone is 1. The summed E-state index contributed by atoms with van der Waals surface area (Å²) in [5.74, 6) is 1.83. The molecule has 1 aromatic carbocycles. The van der Waals surface area contributed by atoms with E-state index in [4.69, 9.17) is 4.74 Å². The Morgan fingerprint density at radius 2 is 1.85 bits per heavy atom. The molecule has 1 N–H and O–H groups in total. The van der Waals surface area contributed by atoms with Crippen LogP contribution in [0.3, 0.4) is 0 Å². The fourth-order valence-electron chi connectivity index (χ4n) is 4.29. The van der Waals surface area contributed by atoms with Crippen LogP contribution in [0.1, 0.15) is 36.0 Å². The van der Waals surface area contributed by atoms with E-state index in [0.29, 0.717) is 25.6 Å². The maximum absolute atomic E-state index is 13.4. The lowest BCUT2D eigenvalue weighted by Crippen LogP contribution is -2.35. The zero-order chi connectivity index (χ0) is 23.6. The first-order valence-electron chi connectivity index (χ1n) is 10.8. The van der Waals surface area contributed by atoms with Crippen LogP contribution in [-0.4, -0.2) is 49.0 Å². The molecule has 0 aromatic heterocycles. The summed E-state index contributed by atoms with van der Waals surface area (Å²) in [6, 6.07) is 2.16. The van der Waals surface area contributed by atoms with Gasteiger partial charge in [0.25, 0.3) is 0 Å². The first kappa shape index (κ1) is 24.4. The van der Waals surface area contributed by atoms with Crippen LogP contribution in [0.4, 0.5) is 26.3 Å². The highest BCUT2D eigenvalue weighted by atomic mass is 32.2. The third kappa shape index (κ3) is 6.24. The van der Waals surface area contributed by atoms with Gasteiger partial charge in [-0.3, -0.25) is 9.89 Å². The number of nitrogens with zero attached hydrogens (tertiary/aromatic N) is 2. The van der Waals surface area contributed by atoms with Crippen LogP contribution >= 0.6 is 11.8 Å². The van der Waals surface area contributed by atoms with Gasteiger partial charge in [0.15, 0.2) is 0 Å². The van der Waals surface area contributed by atoms with Crippen molar-refractivity contribution in [3.63, 3.8) is 0 Å². The van der Waals surface area contributed by atoms with Gasteiger partial charge in [0.1, 0.15) is 5.84 Å². The molecule has 0 spiro atoms. The number of rotatable bonds is 4. The third-order valence-corrected chi connectivity index (χ3v) is 7.00. The fourth-order valence-corrected chi connectivity index (χ4v) is 5.17. The predicted molar refractivity (Wildman–Crippen MR) is 115 cm³/mol. The monoisotopic (exact) mass is 493 g/mol. The average molecular weight is 494 g/mol. The molecule has 1 aromatic rings. The zero-order valence-electron chi connectivity index (χ0n) is 17.8. The standard InChI is InChI=1S/C22H25F6N3OS/c23-21(24,25)16-2-1-15(18(10-16)22(26,27)28)11-31-6-3-14(4-7-31)9-19-20(29-13-33-19)30-17-5-8-32-12-17/h1-2,9-10,14,17H,3-8,11-13H2,(H,29,30). The van der Waals surface area contributed by atoms with Crippen molar-refractivity contribution in [2.75, 3.05) is 32.2 Å². The quantitative estimate of drug-likeness (QED) is 0.578. The Labute approximate surface area is 192 Å². The molecule has 0 amide bonds. The van der Waals surface area contributed by atoms with Gasteiger partial charge >= 0.3 is 12.4 Å². The molecule has 4 nitrogen and oxygen atoms in total. The molecule has 3 heterocycles. The minimum Gasteiger partial charge on any atom is -0.379 e. The number of halogens is 6. The SMILES string of the molecule is FC(F)(F)c1ccc(CN2CCC(C=C3SCN=C3NC3CCOC3)CC2)c(C(F)(F)F)c1. The summed E-state index contributed by atoms with van der Waals surface area (Å²) >= 11 is 1.66. The molecule has 0 saturated carbocycles. The molecule has 33 heavy (non-hydrogen) atoms. The predicted octanol–water partition coefficient (Wildman–Crippen LogP) is 5.30. The van der Waals surface area contributed by atoms with E-state index in [-0.39, 0.29) is 30.1 Å². The summed E-state index contributed by atoms with van der Waals surface area (Å²) in [6.45, 7) is 2.53. The van der Waals surface area contributed by atoms with Crippen molar-refractivity contribution in [3.8, 4) is 0 Å². The molecule has 1 atom stereocenters. The molecule has 11 heteroatoms. The van der Waals surface area contributed by atoms with Crippen LogP contribution in [0.5, 0.6) is 0 Å².